The van der Waals surface area contributed by atoms with Crippen LogP contribution in [0.25, 0.3) is 0 Å². The molecule has 0 saturated carbocycles. The minimum absolute atomic E-state index is 0.326. The Morgan fingerprint density at radius 1 is 1.37 bits per heavy atom. The summed E-state index contributed by atoms with van der Waals surface area (Å²) in [5, 5.41) is 8.96. The number of aliphatic hydroxyl groups excluding tert-OH is 1. The molecule has 0 aliphatic carbocycles. The van der Waals surface area contributed by atoms with Crippen LogP contribution in [0.5, 0.6) is 5.75 Å². The second-order valence-corrected chi connectivity index (χ2v) is 4.15. The number of carbonyl (C=O) groups excluding carboxylic acids is 1. The van der Waals surface area contributed by atoms with Crippen LogP contribution >= 0.6 is 0 Å². The van der Waals surface area contributed by atoms with Gasteiger partial charge in [0.05, 0.1) is 13.2 Å². The predicted octanol–water partition coefficient (Wildman–Crippen LogP) is 1.15. The van der Waals surface area contributed by atoms with E-state index in [9.17, 15) is 4.79 Å². The number of amides is 1. The number of cyclic esters (lactones) is 1. The topological polar surface area (TPSA) is 68.2 Å². The average Bonchev–Trinajstić information content (AvgIpc) is 2.81. The van der Waals surface area contributed by atoms with Gasteiger partial charge < -0.3 is 19.3 Å². The van der Waals surface area contributed by atoms with Crippen molar-refractivity contribution >= 4 is 6.09 Å². The van der Waals surface area contributed by atoms with Gasteiger partial charge >= 0.3 is 6.09 Å². The molecular weight excluding hydrogens is 250 g/mol. The molecule has 104 valence electrons. The van der Waals surface area contributed by atoms with Gasteiger partial charge in [-0.3, -0.25) is 4.90 Å². The molecule has 6 heteroatoms. The lowest BCUT2D eigenvalue weighted by atomic mass is 10.1. The van der Waals surface area contributed by atoms with E-state index in [0.29, 0.717) is 19.8 Å². The minimum Gasteiger partial charge on any atom is -0.491 e. The van der Waals surface area contributed by atoms with Gasteiger partial charge in [-0.25, -0.2) is 4.79 Å². The van der Waals surface area contributed by atoms with E-state index >= 15 is 0 Å². The maximum absolute atomic E-state index is 11.3. The van der Waals surface area contributed by atoms with Gasteiger partial charge in [0.1, 0.15) is 25.2 Å². The SMILES string of the molecule is COCCOc1ccc(C2CN(CO)C(=O)O2)cc1. The van der Waals surface area contributed by atoms with Crippen LogP contribution in [-0.4, -0.2) is 49.7 Å². The summed E-state index contributed by atoms with van der Waals surface area (Å²) in [6.07, 6.45) is -0.833. The number of hydrogen-bond donors (Lipinski definition) is 1. The zero-order valence-electron chi connectivity index (χ0n) is 10.7. The molecule has 1 aliphatic rings. The fraction of sp³-hybridized carbons (Fsp3) is 0.462. The second-order valence-electron chi connectivity index (χ2n) is 4.15. The first kappa shape index (κ1) is 13.6. The summed E-state index contributed by atoms with van der Waals surface area (Å²) < 4.78 is 15.5. The van der Waals surface area contributed by atoms with Crippen LogP contribution in [0.15, 0.2) is 24.3 Å². The lowest BCUT2D eigenvalue weighted by Gasteiger charge is -2.10. The molecule has 0 spiro atoms. The van der Waals surface area contributed by atoms with E-state index in [-0.39, 0.29) is 12.8 Å². The molecular formula is C13H17NO5. The van der Waals surface area contributed by atoms with Gasteiger partial charge in [0.15, 0.2) is 0 Å². The van der Waals surface area contributed by atoms with Gasteiger partial charge in [-0.15, -0.1) is 0 Å². The number of methoxy groups -OCH3 is 1. The van der Waals surface area contributed by atoms with E-state index < -0.39 is 6.09 Å². The number of nitrogens with zero attached hydrogens (tertiary/aromatic N) is 1. The molecule has 1 aromatic rings. The zero-order chi connectivity index (χ0) is 13.7. The van der Waals surface area contributed by atoms with Crippen LogP contribution in [0.2, 0.25) is 0 Å². The second kappa shape index (κ2) is 6.40. The van der Waals surface area contributed by atoms with Gasteiger partial charge in [0.2, 0.25) is 0 Å². The molecule has 1 unspecified atom stereocenters. The Labute approximate surface area is 111 Å². The molecule has 0 aromatic heterocycles. The Morgan fingerprint density at radius 3 is 2.68 bits per heavy atom. The van der Waals surface area contributed by atoms with Crippen LogP contribution in [0.3, 0.4) is 0 Å². The molecule has 1 aliphatic heterocycles. The Morgan fingerprint density at radius 2 is 2.11 bits per heavy atom. The number of carbonyl (C=O) groups is 1. The molecule has 1 heterocycles. The van der Waals surface area contributed by atoms with E-state index in [4.69, 9.17) is 19.3 Å². The van der Waals surface area contributed by atoms with Crippen LogP contribution in [-0.2, 0) is 9.47 Å². The van der Waals surface area contributed by atoms with Gasteiger partial charge in [-0.2, -0.15) is 0 Å². The van der Waals surface area contributed by atoms with Crippen molar-refractivity contribution in [2.75, 3.05) is 33.6 Å². The van der Waals surface area contributed by atoms with Crippen molar-refractivity contribution in [1.29, 1.82) is 0 Å². The van der Waals surface area contributed by atoms with Crippen LogP contribution in [0.1, 0.15) is 11.7 Å². The van der Waals surface area contributed by atoms with Crippen molar-refractivity contribution in [2.24, 2.45) is 0 Å². The first-order chi connectivity index (χ1) is 9.24. The van der Waals surface area contributed by atoms with Crippen LogP contribution in [0, 0.1) is 0 Å². The van der Waals surface area contributed by atoms with Gasteiger partial charge in [0, 0.05) is 7.11 Å². The Kier molecular flexibility index (Phi) is 4.59. The molecule has 0 bridgehead atoms. The van der Waals surface area contributed by atoms with Crippen LogP contribution < -0.4 is 4.74 Å². The van der Waals surface area contributed by atoms with Crippen molar-refractivity contribution in [2.45, 2.75) is 6.10 Å². The van der Waals surface area contributed by atoms with Gasteiger partial charge in [-0.05, 0) is 17.7 Å². The normalized spacial score (nSPS) is 18.5. The summed E-state index contributed by atoms with van der Waals surface area (Å²) in [6.45, 7) is 1.06. The van der Waals surface area contributed by atoms with Crippen molar-refractivity contribution in [1.82, 2.24) is 4.90 Å². The van der Waals surface area contributed by atoms with Crippen molar-refractivity contribution in [3.63, 3.8) is 0 Å². The van der Waals surface area contributed by atoms with E-state index in [1.165, 1.54) is 4.90 Å². The molecule has 1 fully saturated rings. The summed E-state index contributed by atoms with van der Waals surface area (Å²) in [6, 6.07) is 7.34. The average molecular weight is 267 g/mol. The Bertz CT molecular complexity index is 420. The smallest absolute Gasteiger partial charge is 0.412 e. The summed E-state index contributed by atoms with van der Waals surface area (Å²) >= 11 is 0. The summed E-state index contributed by atoms with van der Waals surface area (Å²) in [7, 11) is 1.62. The highest BCUT2D eigenvalue weighted by Gasteiger charge is 2.31. The third-order valence-electron chi connectivity index (χ3n) is 2.87. The van der Waals surface area contributed by atoms with E-state index in [1.54, 1.807) is 7.11 Å². The fourth-order valence-electron chi connectivity index (χ4n) is 1.82. The molecule has 1 amide bonds. The summed E-state index contributed by atoms with van der Waals surface area (Å²) in [4.78, 5) is 12.6. The minimum atomic E-state index is -0.493. The fourth-order valence-corrected chi connectivity index (χ4v) is 1.82. The van der Waals surface area contributed by atoms with Crippen molar-refractivity contribution in [3.05, 3.63) is 29.8 Å². The maximum atomic E-state index is 11.3. The molecule has 6 nitrogen and oxygen atoms in total. The lowest BCUT2D eigenvalue weighted by Crippen LogP contribution is -2.25. The number of rotatable bonds is 6. The molecule has 19 heavy (non-hydrogen) atoms. The predicted molar refractivity (Wildman–Crippen MR) is 66.8 cm³/mol. The summed E-state index contributed by atoms with van der Waals surface area (Å²) in [5.41, 5.74) is 0.878. The van der Waals surface area contributed by atoms with E-state index in [0.717, 1.165) is 11.3 Å². The highest BCUT2D eigenvalue weighted by atomic mass is 16.6. The Hall–Kier alpha value is -1.79. The maximum Gasteiger partial charge on any atom is 0.412 e. The first-order valence-electron chi connectivity index (χ1n) is 6.02. The molecule has 1 atom stereocenters. The third kappa shape index (κ3) is 3.36. The monoisotopic (exact) mass is 267 g/mol. The molecule has 1 saturated heterocycles. The number of aliphatic hydroxyl groups is 1. The highest BCUT2D eigenvalue weighted by molar-refractivity contribution is 5.70. The number of hydrogen-bond acceptors (Lipinski definition) is 5. The molecule has 0 radical (unpaired) electrons. The first-order valence-corrected chi connectivity index (χ1v) is 6.02. The molecule has 2 rings (SSSR count). The largest absolute Gasteiger partial charge is 0.491 e. The van der Waals surface area contributed by atoms with E-state index in [1.807, 2.05) is 24.3 Å². The summed E-state index contributed by atoms with van der Waals surface area (Å²) in [5.74, 6) is 0.740. The van der Waals surface area contributed by atoms with Crippen molar-refractivity contribution < 1.29 is 24.1 Å². The third-order valence-corrected chi connectivity index (χ3v) is 2.87. The molecule has 1 N–H and O–H groups in total. The van der Waals surface area contributed by atoms with Gasteiger partial charge in [0.25, 0.3) is 0 Å². The number of ether oxygens (including phenoxy) is 3. The van der Waals surface area contributed by atoms with Crippen molar-refractivity contribution in [3.8, 4) is 5.75 Å². The zero-order valence-corrected chi connectivity index (χ0v) is 10.7. The number of benzene rings is 1. The van der Waals surface area contributed by atoms with E-state index in [2.05, 4.69) is 0 Å². The quantitative estimate of drug-likeness (QED) is 0.783. The van der Waals surface area contributed by atoms with Gasteiger partial charge in [-0.1, -0.05) is 12.1 Å². The molecule has 1 aromatic carbocycles. The van der Waals surface area contributed by atoms with Crippen LogP contribution in [0.4, 0.5) is 4.79 Å². The highest BCUT2D eigenvalue weighted by Crippen LogP contribution is 2.27. The Balaban J connectivity index is 1.93. The standard InChI is InChI=1S/C13H17NO5/c1-17-6-7-18-11-4-2-10(3-5-11)12-8-14(9-15)13(16)19-12/h2-5,12,15H,6-9H2,1H3. The lowest BCUT2D eigenvalue weighted by molar-refractivity contribution is 0.112.